The average Bonchev–Trinajstić information content (AvgIpc) is 3.31. The van der Waals surface area contributed by atoms with Crippen molar-refractivity contribution >= 4 is 16.8 Å². The predicted molar refractivity (Wildman–Crippen MR) is 115 cm³/mol. The summed E-state index contributed by atoms with van der Waals surface area (Å²) in [6.07, 6.45) is 3.32. The number of aromatic nitrogens is 1. The Morgan fingerprint density at radius 2 is 1.90 bits per heavy atom. The van der Waals surface area contributed by atoms with Crippen LogP contribution in [0, 0.1) is 0 Å². The maximum atomic E-state index is 13.2. The fraction of sp³-hybridized carbons (Fsp3) is 0.360. The van der Waals surface area contributed by atoms with E-state index in [-0.39, 0.29) is 18.1 Å². The molecule has 4 heteroatoms. The first-order chi connectivity index (χ1) is 14.2. The van der Waals surface area contributed by atoms with Gasteiger partial charge in [0.25, 0.3) is 5.91 Å². The van der Waals surface area contributed by atoms with E-state index < -0.39 is 0 Å². The number of ether oxygens (including phenoxy) is 1. The lowest BCUT2D eigenvalue weighted by Gasteiger charge is -2.31. The molecular formula is C25H28N2O2. The van der Waals surface area contributed by atoms with Gasteiger partial charge in [0.15, 0.2) is 0 Å². The Hall–Kier alpha value is -2.72. The number of para-hydroxylation sites is 1. The molecule has 0 saturated carbocycles. The third-order valence-corrected chi connectivity index (χ3v) is 5.70. The quantitative estimate of drug-likeness (QED) is 0.586. The van der Waals surface area contributed by atoms with Gasteiger partial charge < -0.3 is 9.64 Å². The molecule has 0 spiro atoms. The number of rotatable bonds is 7. The lowest BCUT2D eigenvalue weighted by Crippen LogP contribution is -2.44. The number of benzene rings is 2. The summed E-state index contributed by atoms with van der Waals surface area (Å²) in [7, 11) is 0. The van der Waals surface area contributed by atoms with Gasteiger partial charge in [-0.15, -0.1) is 0 Å². The summed E-state index contributed by atoms with van der Waals surface area (Å²) in [5.41, 5.74) is 3.18. The third kappa shape index (κ3) is 4.83. The molecule has 3 aromatic rings. The molecule has 4 rings (SSSR count). The van der Waals surface area contributed by atoms with Crippen LogP contribution in [0.15, 0.2) is 66.7 Å². The number of carbonyl (C=O) groups is 1. The van der Waals surface area contributed by atoms with E-state index >= 15 is 0 Å². The van der Waals surface area contributed by atoms with Crippen molar-refractivity contribution in [2.45, 2.75) is 51.3 Å². The summed E-state index contributed by atoms with van der Waals surface area (Å²) in [6, 6.07) is 22.8. The van der Waals surface area contributed by atoms with Crippen LogP contribution in [0.1, 0.15) is 37.4 Å². The Bertz CT molecular complexity index is 951. The highest BCUT2D eigenvalue weighted by atomic mass is 16.5. The van der Waals surface area contributed by atoms with Crippen LogP contribution in [0.4, 0.5) is 0 Å². The zero-order valence-corrected chi connectivity index (χ0v) is 17.0. The molecule has 150 valence electrons. The highest BCUT2D eigenvalue weighted by Crippen LogP contribution is 2.21. The molecule has 4 nitrogen and oxygen atoms in total. The van der Waals surface area contributed by atoms with Gasteiger partial charge in [-0.3, -0.25) is 9.78 Å². The molecule has 1 saturated heterocycles. The van der Waals surface area contributed by atoms with Crippen LogP contribution in [0.2, 0.25) is 0 Å². The Morgan fingerprint density at radius 1 is 1.10 bits per heavy atom. The summed E-state index contributed by atoms with van der Waals surface area (Å²) in [6.45, 7) is 3.33. The molecule has 0 radical (unpaired) electrons. The lowest BCUT2D eigenvalue weighted by molar-refractivity contribution is -0.144. The van der Waals surface area contributed by atoms with Crippen molar-refractivity contribution in [3.63, 3.8) is 0 Å². The smallest absolute Gasteiger partial charge is 0.252 e. The number of hydrogen-bond donors (Lipinski definition) is 0. The number of hydrogen-bond acceptors (Lipinski definition) is 3. The highest BCUT2D eigenvalue weighted by Gasteiger charge is 2.31. The minimum Gasteiger partial charge on any atom is -0.368 e. The van der Waals surface area contributed by atoms with Gasteiger partial charge in [0, 0.05) is 18.0 Å². The van der Waals surface area contributed by atoms with Gasteiger partial charge in [-0.05, 0) is 50.3 Å². The summed E-state index contributed by atoms with van der Waals surface area (Å²) in [4.78, 5) is 20.0. The molecule has 29 heavy (non-hydrogen) atoms. The average molecular weight is 389 g/mol. The first kappa shape index (κ1) is 19.6. The molecular weight excluding hydrogens is 360 g/mol. The van der Waals surface area contributed by atoms with E-state index in [1.165, 1.54) is 5.56 Å². The third-order valence-electron chi connectivity index (χ3n) is 5.70. The van der Waals surface area contributed by atoms with Crippen molar-refractivity contribution in [2.75, 3.05) is 6.61 Å². The summed E-state index contributed by atoms with van der Waals surface area (Å²) in [5.74, 6) is 0.0954. The topological polar surface area (TPSA) is 42.4 Å². The molecule has 1 aliphatic heterocycles. The molecule has 0 bridgehead atoms. The van der Waals surface area contributed by atoms with Gasteiger partial charge in [-0.1, -0.05) is 54.6 Å². The summed E-state index contributed by atoms with van der Waals surface area (Å²) < 4.78 is 5.70. The molecule has 2 heterocycles. The zero-order valence-electron chi connectivity index (χ0n) is 17.0. The van der Waals surface area contributed by atoms with E-state index in [2.05, 4.69) is 43.3 Å². The van der Waals surface area contributed by atoms with E-state index in [1.54, 1.807) is 0 Å². The minimum atomic E-state index is -0.311. The predicted octanol–water partition coefficient (Wildman–Crippen LogP) is 4.76. The number of fused-ring (bicyclic) bond motifs is 1. The van der Waals surface area contributed by atoms with Crippen LogP contribution in [-0.2, 0) is 22.5 Å². The van der Waals surface area contributed by atoms with E-state index in [9.17, 15) is 4.79 Å². The SMILES string of the molecule is CC(CCc1ccccc1)N(Cc1ccc2ccccc2n1)C(=O)C1CCCO1. The standard InChI is InChI=1S/C25H28N2O2/c1-19(13-14-20-8-3-2-4-9-20)27(25(28)24-12-7-17-29-24)18-22-16-15-21-10-5-6-11-23(21)26-22/h2-6,8-11,15-16,19,24H,7,12-14,17-18H2,1H3. The Morgan fingerprint density at radius 3 is 2.69 bits per heavy atom. The molecule has 2 aromatic carbocycles. The molecule has 2 unspecified atom stereocenters. The van der Waals surface area contributed by atoms with Crippen molar-refractivity contribution in [1.29, 1.82) is 0 Å². The molecule has 1 amide bonds. The van der Waals surface area contributed by atoms with Crippen LogP contribution in [0.25, 0.3) is 10.9 Å². The first-order valence-electron chi connectivity index (χ1n) is 10.5. The molecule has 1 fully saturated rings. The van der Waals surface area contributed by atoms with Crippen molar-refractivity contribution in [3.8, 4) is 0 Å². The van der Waals surface area contributed by atoms with Crippen molar-refractivity contribution < 1.29 is 9.53 Å². The number of aryl methyl sites for hydroxylation is 1. The number of nitrogens with zero attached hydrogens (tertiary/aromatic N) is 2. The number of pyridine rings is 1. The van der Waals surface area contributed by atoms with E-state index in [4.69, 9.17) is 9.72 Å². The summed E-state index contributed by atoms with van der Waals surface area (Å²) in [5, 5.41) is 1.12. The minimum absolute atomic E-state index is 0.0954. The maximum absolute atomic E-state index is 13.2. The fourth-order valence-corrected chi connectivity index (χ4v) is 3.96. The fourth-order valence-electron chi connectivity index (χ4n) is 3.96. The van der Waals surface area contributed by atoms with Crippen molar-refractivity contribution in [1.82, 2.24) is 9.88 Å². The number of amides is 1. The first-order valence-corrected chi connectivity index (χ1v) is 10.5. The van der Waals surface area contributed by atoms with Crippen LogP contribution in [0.5, 0.6) is 0 Å². The lowest BCUT2D eigenvalue weighted by atomic mass is 10.0. The largest absolute Gasteiger partial charge is 0.368 e. The number of carbonyl (C=O) groups excluding carboxylic acids is 1. The van der Waals surface area contributed by atoms with Gasteiger partial charge in [0.05, 0.1) is 17.8 Å². The van der Waals surface area contributed by atoms with Gasteiger partial charge >= 0.3 is 0 Å². The molecule has 2 atom stereocenters. The van der Waals surface area contributed by atoms with Crippen molar-refractivity contribution in [2.24, 2.45) is 0 Å². The van der Waals surface area contributed by atoms with Crippen LogP contribution >= 0.6 is 0 Å². The van der Waals surface area contributed by atoms with Gasteiger partial charge in [-0.25, -0.2) is 0 Å². The van der Waals surface area contributed by atoms with E-state index in [1.807, 2.05) is 35.2 Å². The molecule has 0 aliphatic carbocycles. The Balaban J connectivity index is 1.52. The van der Waals surface area contributed by atoms with Gasteiger partial charge in [-0.2, -0.15) is 0 Å². The molecule has 0 N–H and O–H groups in total. The van der Waals surface area contributed by atoms with Gasteiger partial charge in [0.2, 0.25) is 0 Å². The second kappa shape index (κ2) is 9.19. The molecule has 1 aliphatic rings. The Labute approximate surface area is 172 Å². The van der Waals surface area contributed by atoms with Crippen LogP contribution in [0.3, 0.4) is 0 Å². The van der Waals surface area contributed by atoms with E-state index in [0.717, 1.165) is 42.3 Å². The second-order valence-corrected chi connectivity index (χ2v) is 7.84. The highest BCUT2D eigenvalue weighted by molar-refractivity contribution is 5.82. The Kier molecular flexibility index (Phi) is 6.20. The maximum Gasteiger partial charge on any atom is 0.252 e. The van der Waals surface area contributed by atoms with Crippen LogP contribution in [-0.4, -0.2) is 34.5 Å². The zero-order chi connectivity index (χ0) is 20.1. The summed E-state index contributed by atoms with van der Waals surface area (Å²) >= 11 is 0. The van der Waals surface area contributed by atoms with Crippen molar-refractivity contribution in [3.05, 3.63) is 78.0 Å². The van der Waals surface area contributed by atoms with Crippen LogP contribution < -0.4 is 0 Å². The van der Waals surface area contributed by atoms with Gasteiger partial charge in [0.1, 0.15) is 6.10 Å². The molecule has 1 aromatic heterocycles. The normalized spacial score (nSPS) is 17.3. The monoisotopic (exact) mass is 388 g/mol. The van der Waals surface area contributed by atoms with E-state index in [0.29, 0.717) is 13.2 Å². The second-order valence-electron chi connectivity index (χ2n) is 7.84.